The van der Waals surface area contributed by atoms with E-state index in [9.17, 15) is 9.59 Å². The maximum Gasteiger partial charge on any atom is 0.265 e. The molecular weight excluding hydrogens is 206 g/mol. The number of rotatable bonds is 4. The number of hydrazine groups is 1. The lowest BCUT2D eigenvalue weighted by atomic mass is 10.0. The molecular formula is C11H9N3O2. The summed E-state index contributed by atoms with van der Waals surface area (Å²) in [7, 11) is 0. The highest BCUT2D eigenvalue weighted by molar-refractivity contribution is 6.31. The molecule has 0 aliphatic heterocycles. The lowest BCUT2D eigenvalue weighted by Crippen LogP contribution is -2.25. The van der Waals surface area contributed by atoms with Crippen molar-refractivity contribution in [2.45, 2.75) is 0 Å². The van der Waals surface area contributed by atoms with Gasteiger partial charge in [-0.25, -0.2) is 0 Å². The number of nitrogens with two attached hydrogens (primary N) is 1. The standard InChI is InChI=1S/C11H9N3O2/c12-6-10(16)11(9(7-15)14-13)8-4-2-1-3-5-8/h1-5,7,14H,13H2. The summed E-state index contributed by atoms with van der Waals surface area (Å²) in [5.41, 5.74) is 2.43. The van der Waals surface area contributed by atoms with Crippen molar-refractivity contribution in [2.75, 3.05) is 0 Å². The van der Waals surface area contributed by atoms with Crippen LogP contribution in [0.1, 0.15) is 5.56 Å². The Morgan fingerprint density at radius 2 is 2.00 bits per heavy atom. The molecule has 0 radical (unpaired) electrons. The first kappa shape index (κ1) is 11.6. The summed E-state index contributed by atoms with van der Waals surface area (Å²) in [6.07, 6.45) is 0.400. The van der Waals surface area contributed by atoms with Gasteiger partial charge < -0.3 is 5.43 Å². The van der Waals surface area contributed by atoms with Crippen LogP contribution in [0.15, 0.2) is 36.0 Å². The maximum absolute atomic E-state index is 11.4. The number of nitrogens with zero attached hydrogens (tertiary/aromatic N) is 1. The van der Waals surface area contributed by atoms with Gasteiger partial charge in [0, 0.05) is 0 Å². The third-order valence-corrected chi connectivity index (χ3v) is 1.93. The second-order valence-corrected chi connectivity index (χ2v) is 2.86. The van der Waals surface area contributed by atoms with Crippen LogP contribution in [0, 0.1) is 11.3 Å². The molecule has 0 unspecified atom stereocenters. The molecule has 3 N–H and O–H groups in total. The Morgan fingerprint density at radius 1 is 1.38 bits per heavy atom. The van der Waals surface area contributed by atoms with E-state index in [4.69, 9.17) is 11.1 Å². The second-order valence-electron chi connectivity index (χ2n) is 2.86. The van der Waals surface area contributed by atoms with E-state index in [2.05, 4.69) is 5.43 Å². The van der Waals surface area contributed by atoms with Gasteiger partial charge in [-0.1, -0.05) is 30.3 Å². The van der Waals surface area contributed by atoms with Crippen molar-refractivity contribution in [3.63, 3.8) is 0 Å². The molecule has 16 heavy (non-hydrogen) atoms. The van der Waals surface area contributed by atoms with E-state index < -0.39 is 5.78 Å². The molecule has 5 nitrogen and oxygen atoms in total. The summed E-state index contributed by atoms with van der Waals surface area (Å²) >= 11 is 0. The van der Waals surface area contributed by atoms with Gasteiger partial charge in [-0.3, -0.25) is 15.4 Å². The van der Waals surface area contributed by atoms with Crippen molar-refractivity contribution in [3.05, 3.63) is 41.6 Å². The van der Waals surface area contributed by atoms with Gasteiger partial charge in [-0.15, -0.1) is 0 Å². The Hall–Kier alpha value is -2.45. The van der Waals surface area contributed by atoms with Crippen molar-refractivity contribution in [1.29, 1.82) is 5.26 Å². The number of nitriles is 1. The Morgan fingerprint density at radius 3 is 2.44 bits per heavy atom. The molecule has 0 amide bonds. The van der Waals surface area contributed by atoms with Crippen LogP contribution in [-0.4, -0.2) is 12.1 Å². The highest BCUT2D eigenvalue weighted by Gasteiger charge is 2.16. The topological polar surface area (TPSA) is 96.0 Å². The molecule has 0 saturated heterocycles. The van der Waals surface area contributed by atoms with Crippen LogP contribution in [0.2, 0.25) is 0 Å². The number of nitrogens with one attached hydrogen (secondary N) is 1. The number of carbonyl (C=O) groups excluding carboxylic acids is 2. The van der Waals surface area contributed by atoms with E-state index in [0.29, 0.717) is 11.8 Å². The molecule has 0 fully saturated rings. The van der Waals surface area contributed by atoms with Crippen LogP contribution in [0.3, 0.4) is 0 Å². The average Bonchev–Trinajstić information content (AvgIpc) is 2.36. The van der Waals surface area contributed by atoms with E-state index in [0.717, 1.165) is 0 Å². The van der Waals surface area contributed by atoms with Crippen LogP contribution in [-0.2, 0) is 9.59 Å². The van der Waals surface area contributed by atoms with Gasteiger partial charge in [0.1, 0.15) is 11.8 Å². The first-order chi connectivity index (χ1) is 7.74. The van der Waals surface area contributed by atoms with E-state index >= 15 is 0 Å². The molecule has 5 heteroatoms. The highest BCUT2D eigenvalue weighted by Crippen LogP contribution is 2.17. The molecule has 0 saturated carbocycles. The summed E-state index contributed by atoms with van der Waals surface area (Å²) in [5.74, 6) is 4.30. The predicted octanol–water partition coefficient (Wildman–Crippen LogP) is 0.153. The monoisotopic (exact) mass is 215 g/mol. The van der Waals surface area contributed by atoms with Crippen molar-refractivity contribution < 1.29 is 9.59 Å². The molecule has 1 aromatic carbocycles. The van der Waals surface area contributed by atoms with E-state index in [-0.39, 0.29) is 11.3 Å². The van der Waals surface area contributed by atoms with Crippen molar-refractivity contribution in [1.82, 2.24) is 5.43 Å². The summed E-state index contributed by atoms with van der Waals surface area (Å²) in [6.45, 7) is 0. The van der Waals surface area contributed by atoms with Crippen LogP contribution < -0.4 is 11.3 Å². The van der Waals surface area contributed by atoms with Crippen LogP contribution in [0.4, 0.5) is 0 Å². The van der Waals surface area contributed by atoms with Crippen molar-refractivity contribution in [2.24, 2.45) is 5.84 Å². The van der Waals surface area contributed by atoms with Gasteiger partial charge in [0.05, 0.1) is 5.57 Å². The van der Waals surface area contributed by atoms with Crippen LogP contribution >= 0.6 is 0 Å². The van der Waals surface area contributed by atoms with E-state index in [1.165, 1.54) is 6.07 Å². The van der Waals surface area contributed by atoms with Crippen LogP contribution in [0.5, 0.6) is 0 Å². The molecule has 0 atom stereocenters. The Labute approximate surface area is 92.1 Å². The second kappa shape index (κ2) is 5.44. The van der Waals surface area contributed by atoms with Crippen molar-refractivity contribution >= 4 is 17.6 Å². The Balaban J connectivity index is 3.39. The zero-order chi connectivity index (χ0) is 12.0. The normalized spacial score (nSPS) is 11.0. The average molecular weight is 215 g/mol. The largest absolute Gasteiger partial charge is 0.321 e. The number of aldehydes is 1. The van der Waals surface area contributed by atoms with Gasteiger partial charge in [0.25, 0.3) is 5.78 Å². The van der Waals surface area contributed by atoms with E-state index in [1.54, 1.807) is 30.3 Å². The van der Waals surface area contributed by atoms with Gasteiger partial charge in [-0.2, -0.15) is 5.26 Å². The molecule has 1 rings (SSSR count). The molecule has 0 heterocycles. The zero-order valence-electron chi connectivity index (χ0n) is 8.31. The molecule has 0 aromatic heterocycles. The number of carbonyl (C=O) groups is 2. The number of Topliss-reactive ketones (excluding diaryl/α,β-unsaturated/α-hetero) is 1. The Bertz CT molecular complexity index is 472. The minimum Gasteiger partial charge on any atom is -0.321 e. The Kier molecular flexibility index (Phi) is 3.95. The lowest BCUT2D eigenvalue weighted by Gasteiger charge is -2.06. The van der Waals surface area contributed by atoms with Crippen LogP contribution in [0.25, 0.3) is 5.57 Å². The fourth-order valence-corrected chi connectivity index (χ4v) is 1.23. The van der Waals surface area contributed by atoms with Gasteiger partial charge in [-0.05, 0) is 5.56 Å². The minimum atomic E-state index is -0.814. The fourth-order valence-electron chi connectivity index (χ4n) is 1.23. The number of ketones is 1. The summed E-state index contributed by atoms with van der Waals surface area (Å²) in [6, 6.07) is 9.84. The quantitative estimate of drug-likeness (QED) is 0.245. The maximum atomic E-state index is 11.4. The predicted molar refractivity (Wildman–Crippen MR) is 57.4 cm³/mol. The van der Waals surface area contributed by atoms with Gasteiger partial charge in [0.15, 0.2) is 6.29 Å². The molecule has 1 aromatic rings. The first-order valence-electron chi connectivity index (χ1n) is 4.40. The molecule has 80 valence electrons. The van der Waals surface area contributed by atoms with E-state index in [1.807, 2.05) is 0 Å². The number of benzene rings is 1. The number of allylic oxidation sites excluding steroid dienone is 2. The van der Waals surface area contributed by atoms with Gasteiger partial charge in [0.2, 0.25) is 0 Å². The highest BCUT2D eigenvalue weighted by atomic mass is 16.1. The zero-order valence-corrected chi connectivity index (χ0v) is 8.31. The minimum absolute atomic E-state index is 0.0272. The molecule has 0 spiro atoms. The first-order valence-corrected chi connectivity index (χ1v) is 4.40. The molecule has 0 aliphatic carbocycles. The number of hydrogen-bond acceptors (Lipinski definition) is 5. The van der Waals surface area contributed by atoms with Crippen molar-refractivity contribution in [3.8, 4) is 6.07 Å². The summed E-state index contributed by atoms with van der Waals surface area (Å²) in [4.78, 5) is 22.1. The smallest absolute Gasteiger partial charge is 0.265 e. The number of hydrogen-bond donors (Lipinski definition) is 2. The fraction of sp³-hybridized carbons (Fsp3) is 0. The SMILES string of the molecule is N#CC(=O)C(=C(C=O)NN)c1ccccc1. The van der Waals surface area contributed by atoms with Gasteiger partial charge >= 0.3 is 0 Å². The lowest BCUT2D eigenvalue weighted by molar-refractivity contribution is -0.109. The molecule has 0 bridgehead atoms. The summed E-state index contributed by atoms with van der Waals surface area (Å²) in [5, 5.41) is 8.59. The third kappa shape index (κ3) is 2.32. The third-order valence-electron chi connectivity index (χ3n) is 1.93. The molecule has 0 aliphatic rings. The summed E-state index contributed by atoms with van der Waals surface area (Å²) < 4.78 is 0.